The van der Waals surface area contributed by atoms with E-state index in [2.05, 4.69) is 5.32 Å². The van der Waals surface area contributed by atoms with Crippen molar-refractivity contribution in [2.24, 2.45) is 0 Å². The molecule has 0 aliphatic heterocycles. The summed E-state index contributed by atoms with van der Waals surface area (Å²) in [6.45, 7) is 4.32. The number of hydrogen-bond donors (Lipinski definition) is 1. The number of benzene rings is 1. The molecule has 0 spiro atoms. The summed E-state index contributed by atoms with van der Waals surface area (Å²) in [4.78, 5) is 26.0. The monoisotopic (exact) mass is 346 g/mol. The number of para-hydroxylation sites is 2. The van der Waals surface area contributed by atoms with Crippen molar-refractivity contribution < 1.29 is 14.3 Å². The van der Waals surface area contributed by atoms with E-state index in [1.54, 1.807) is 4.90 Å². The highest BCUT2D eigenvalue weighted by molar-refractivity contribution is 5.93. The van der Waals surface area contributed by atoms with Crippen LogP contribution in [0, 0.1) is 0 Å². The SMILES string of the molecule is CCOc1ccccc1N(CCC(=O)NC1CCCCCC1)C(C)=O. The first-order valence-corrected chi connectivity index (χ1v) is 9.41. The van der Waals surface area contributed by atoms with Gasteiger partial charge in [-0.25, -0.2) is 0 Å². The Morgan fingerprint density at radius 3 is 2.48 bits per heavy atom. The lowest BCUT2D eigenvalue weighted by Crippen LogP contribution is -2.38. The van der Waals surface area contributed by atoms with Crippen LogP contribution in [0.2, 0.25) is 0 Å². The van der Waals surface area contributed by atoms with Crippen LogP contribution in [0.4, 0.5) is 5.69 Å². The molecule has 1 N–H and O–H groups in total. The predicted octanol–water partition coefficient (Wildman–Crippen LogP) is 3.67. The molecule has 1 aliphatic carbocycles. The summed E-state index contributed by atoms with van der Waals surface area (Å²) in [6.07, 6.45) is 7.33. The zero-order valence-corrected chi connectivity index (χ0v) is 15.4. The van der Waals surface area contributed by atoms with E-state index in [1.807, 2.05) is 31.2 Å². The first kappa shape index (κ1) is 19.3. The summed E-state index contributed by atoms with van der Waals surface area (Å²) < 4.78 is 5.62. The molecule has 0 atom stereocenters. The highest BCUT2D eigenvalue weighted by atomic mass is 16.5. The molecule has 0 radical (unpaired) electrons. The van der Waals surface area contributed by atoms with Crippen molar-refractivity contribution in [1.29, 1.82) is 0 Å². The largest absolute Gasteiger partial charge is 0.492 e. The summed E-state index contributed by atoms with van der Waals surface area (Å²) >= 11 is 0. The van der Waals surface area contributed by atoms with Crippen molar-refractivity contribution in [3.8, 4) is 5.75 Å². The van der Waals surface area contributed by atoms with Gasteiger partial charge in [0.15, 0.2) is 0 Å². The van der Waals surface area contributed by atoms with E-state index in [0.29, 0.717) is 25.3 Å². The summed E-state index contributed by atoms with van der Waals surface area (Å²) in [5.74, 6) is 0.603. The Labute approximate surface area is 150 Å². The fourth-order valence-corrected chi connectivity index (χ4v) is 3.34. The van der Waals surface area contributed by atoms with Crippen LogP contribution in [0.3, 0.4) is 0 Å². The number of carbonyl (C=O) groups is 2. The van der Waals surface area contributed by atoms with Gasteiger partial charge in [0.05, 0.1) is 12.3 Å². The van der Waals surface area contributed by atoms with Crippen LogP contribution >= 0.6 is 0 Å². The van der Waals surface area contributed by atoms with E-state index in [4.69, 9.17) is 4.74 Å². The fourth-order valence-electron chi connectivity index (χ4n) is 3.34. The molecule has 138 valence electrons. The highest BCUT2D eigenvalue weighted by Gasteiger charge is 2.19. The average Bonchev–Trinajstić information content (AvgIpc) is 2.85. The number of anilines is 1. The highest BCUT2D eigenvalue weighted by Crippen LogP contribution is 2.28. The summed E-state index contributed by atoms with van der Waals surface area (Å²) in [7, 11) is 0. The number of hydrogen-bond acceptors (Lipinski definition) is 3. The Morgan fingerprint density at radius 2 is 1.84 bits per heavy atom. The second kappa shape index (κ2) is 10.1. The van der Waals surface area contributed by atoms with Gasteiger partial charge in [-0.2, -0.15) is 0 Å². The third-order valence-electron chi connectivity index (χ3n) is 4.62. The fraction of sp³-hybridized carbons (Fsp3) is 0.600. The minimum Gasteiger partial charge on any atom is -0.492 e. The average molecular weight is 346 g/mol. The van der Waals surface area contributed by atoms with Gasteiger partial charge in [-0.1, -0.05) is 37.8 Å². The Hall–Kier alpha value is -2.04. The molecule has 2 rings (SSSR count). The molecule has 0 unspecified atom stereocenters. The molecular formula is C20H30N2O3. The zero-order chi connectivity index (χ0) is 18.1. The lowest BCUT2D eigenvalue weighted by atomic mass is 10.1. The number of ether oxygens (including phenoxy) is 1. The lowest BCUT2D eigenvalue weighted by Gasteiger charge is -2.24. The van der Waals surface area contributed by atoms with Gasteiger partial charge in [0.25, 0.3) is 0 Å². The van der Waals surface area contributed by atoms with Gasteiger partial charge in [0.2, 0.25) is 11.8 Å². The second-order valence-electron chi connectivity index (χ2n) is 6.58. The Balaban J connectivity index is 1.95. The Bertz CT molecular complexity index is 566. The van der Waals surface area contributed by atoms with Crippen LogP contribution in [-0.2, 0) is 9.59 Å². The molecule has 0 aromatic heterocycles. The molecule has 5 heteroatoms. The molecule has 0 bridgehead atoms. The van der Waals surface area contributed by atoms with Crippen LogP contribution in [0.25, 0.3) is 0 Å². The maximum Gasteiger partial charge on any atom is 0.223 e. The van der Waals surface area contributed by atoms with E-state index in [9.17, 15) is 9.59 Å². The number of rotatable bonds is 7. The van der Waals surface area contributed by atoms with E-state index in [-0.39, 0.29) is 17.9 Å². The molecule has 1 aromatic rings. The maximum absolute atomic E-state index is 12.3. The normalized spacial score (nSPS) is 15.3. The standard InChI is InChI=1S/C20H30N2O3/c1-3-25-19-13-9-8-12-18(19)22(16(2)23)15-14-20(24)21-17-10-6-4-5-7-11-17/h8-9,12-13,17H,3-7,10-11,14-15H2,1-2H3,(H,21,24). The van der Waals surface area contributed by atoms with Crippen LogP contribution in [0.5, 0.6) is 5.75 Å². The molecular weight excluding hydrogens is 316 g/mol. The van der Waals surface area contributed by atoms with Crippen LogP contribution in [-0.4, -0.2) is 31.0 Å². The third kappa shape index (κ3) is 6.07. The zero-order valence-electron chi connectivity index (χ0n) is 15.4. The van der Waals surface area contributed by atoms with Crippen LogP contribution in [0.1, 0.15) is 58.8 Å². The maximum atomic E-state index is 12.3. The number of nitrogens with one attached hydrogen (secondary N) is 1. The van der Waals surface area contributed by atoms with Gasteiger partial charge >= 0.3 is 0 Å². The van der Waals surface area contributed by atoms with Gasteiger partial charge in [0.1, 0.15) is 5.75 Å². The molecule has 0 heterocycles. The quantitative estimate of drug-likeness (QED) is 0.767. The topological polar surface area (TPSA) is 58.6 Å². The first-order chi connectivity index (χ1) is 12.1. The number of nitrogens with zero attached hydrogens (tertiary/aromatic N) is 1. The van der Waals surface area contributed by atoms with Crippen molar-refractivity contribution in [3.05, 3.63) is 24.3 Å². The number of amides is 2. The second-order valence-corrected chi connectivity index (χ2v) is 6.58. The van der Waals surface area contributed by atoms with Crippen molar-refractivity contribution >= 4 is 17.5 Å². The van der Waals surface area contributed by atoms with Gasteiger partial charge in [0, 0.05) is 25.9 Å². The molecule has 0 saturated heterocycles. The molecule has 1 aromatic carbocycles. The third-order valence-corrected chi connectivity index (χ3v) is 4.62. The molecule has 5 nitrogen and oxygen atoms in total. The minimum atomic E-state index is -0.0885. The van der Waals surface area contributed by atoms with E-state index < -0.39 is 0 Å². The van der Waals surface area contributed by atoms with Gasteiger partial charge < -0.3 is 15.0 Å². The van der Waals surface area contributed by atoms with E-state index >= 15 is 0 Å². The van der Waals surface area contributed by atoms with Gasteiger partial charge in [-0.05, 0) is 31.9 Å². The lowest BCUT2D eigenvalue weighted by molar-refractivity contribution is -0.121. The Kier molecular flexibility index (Phi) is 7.76. The molecule has 1 fully saturated rings. The molecule has 1 saturated carbocycles. The van der Waals surface area contributed by atoms with Gasteiger partial charge in [-0.3, -0.25) is 9.59 Å². The summed E-state index contributed by atoms with van der Waals surface area (Å²) in [5, 5.41) is 3.14. The van der Waals surface area contributed by atoms with Crippen molar-refractivity contribution in [2.45, 2.75) is 64.8 Å². The van der Waals surface area contributed by atoms with Crippen LogP contribution in [0.15, 0.2) is 24.3 Å². The van der Waals surface area contributed by atoms with Crippen molar-refractivity contribution in [3.63, 3.8) is 0 Å². The summed E-state index contributed by atoms with van der Waals surface area (Å²) in [5.41, 5.74) is 0.721. The van der Waals surface area contributed by atoms with Crippen molar-refractivity contribution in [1.82, 2.24) is 5.32 Å². The molecule has 25 heavy (non-hydrogen) atoms. The Morgan fingerprint density at radius 1 is 1.16 bits per heavy atom. The smallest absolute Gasteiger partial charge is 0.223 e. The van der Waals surface area contributed by atoms with Crippen LogP contribution < -0.4 is 15.0 Å². The van der Waals surface area contributed by atoms with E-state index in [0.717, 1.165) is 18.5 Å². The van der Waals surface area contributed by atoms with Gasteiger partial charge in [-0.15, -0.1) is 0 Å². The predicted molar refractivity (Wildman–Crippen MR) is 99.9 cm³/mol. The number of carbonyl (C=O) groups excluding carboxylic acids is 2. The molecule has 2 amide bonds. The van der Waals surface area contributed by atoms with Crippen molar-refractivity contribution in [2.75, 3.05) is 18.1 Å². The first-order valence-electron chi connectivity index (χ1n) is 9.41. The minimum absolute atomic E-state index is 0.0204. The van der Waals surface area contributed by atoms with E-state index in [1.165, 1.54) is 32.6 Å². The summed E-state index contributed by atoms with van der Waals surface area (Å²) in [6, 6.07) is 7.75. The molecule has 1 aliphatic rings.